The maximum atomic E-state index is 12.4. The molecule has 0 saturated carbocycles. The smallest absolute Gasteiger partial charge is 0.326 e. The summed E-state index contributed by atoms with van der Waals surface area (Å²) in [5.74, 6) is -4.18. The number of hydrogen-bond acceptors (Lipinski definition) is 7. The second kappa shape index (κ2) is 13.8. The molecule has 3 unspecified atom stereocenters. The van der Waals surface area contributed by atoms with E-state index >= 15 is 0 Å². The van der Waals surface area contributed by atoms with Crippen molar-refractivity contribution in [2.24, 2.45) is 11.7 Å². The highest BCUT2D eigenvalue weighted by atomic mass is 32.2. The van der Waals surface area contributed by atoms with Crippen LogP contribution in [0.4, 0.5) is 0 Å². The summed E-state index contributed by atoms with van der Waals surface area (Å²) in [7, 11) is 0. The fourth-order valence-corrected chi connectivity index (χ4v) is 2.76. The van der Waals surface area contributed by atoms with Gasteiger partial charge in [0, 0.05) is 0 Å². The molecule has 0 aromatic carbocycles. The van der Waals surface area contributed by atoms with E-state index in [9.17, 15) is 24.0 Å². The van der Waals surface area contributed by atoms with Crippen molar-refractivity contribution in [3.8, 4) is 0 Å². The zero-order valence-electron chi connectivity index (χ0n) is 16.8. The molecule has 0 heterocycles. The third-order valence-corrected chi connectivity index (χ3v) is 4.39. The van der Waals surface area contributed by atoms with Crippen LogP contribution in [0.15, 0.2) is 0 Å². The normalized spacial score (nSPS) is 13.8. The summed E-state index contributed by atoms with van der Waals surface area (Å²) in [6.07, 6.45) is 1.72. The largest absolute Gasteiger partial charge is 0.481 e. The molecule has 11 nitrogen and oxygen atoms in total. The van der Waals surface area contributed by atoms with Gasteiger partial charge in [-0.05, 0) is 30.8 Å². The maximum Gasteiger partial charge on any atom is 0.326 e. The number of carboxylic acid groups (broad SMARTS) is 2. The number of carboxylic acids is 2. The van der Waals surface area contributed by atoms with Gasteiger partial charge in [-0.2, -0.15) is 11.8 Å². The Morgan fingerprint density at radius 2 is 1.62 bits per heavy atom. The van der Waals surface area contributed by atoms with Crippen LogP contribution in [0.2, 0.25) is 0 Å². The Hall–Kier alpha value is -2.34. The van der Waals surface area contributed by atoms with E-state index < -0.39 is 60.8 Å². The first-order chi connectivity index (χ1) is 13.5. The number of aliphatic carboxylic acids is 2. The summed E-state index contributed by atoms with van der Waals surface area (Å²) < 4.78 is 0. The van der Waals surface area contributed by atoms with Crippen LogP contribution in [0.3, 0.4) is 0 Å². The molecule has 0 bridgehead atoms. The van der Waals surface area contributed by atoms with Gasteiger partial charge in [0.2, 0.25) is 17.7 Å². The zero-order chi connectivity index (χ0) is 22.6. The van der Waals surface area contributed by atoms with Gasteiger partial charge in [-0.25, -0.2) is 4.79 Å². The summed E-state index contributed by atoms with van der Waals surface area (Å²) in [5, 5.41) is 24.7. The Balaban J connectivity index is 4.86. The fourth-order valence-electron chi connectivity index (χ4n) is 2.27. The van der Waals surface area contributed by atoms with Crippen molar-refractivity contribution in [1.29, 1.82) is 0 Å². The third-order valence-electron chi connectivity index (χ3n) is 3.75. The van der Waals surface area contributed by atoms with Crippen molar-refractivity contribution in [1.82, 2.24) is 16.0 Å². The minimum Gasteiger partial charge on any atom is -0.481 e. The van der Waals surface area contributed by atoms with Crippen molar-refractivity contribution < 1.29 is 34.2 Å². The van der Waals surface area contributed by atoms with Crippen LogP contribution >= 0.6 is 11.8 Å². The van der Waals surface area contributed by atoms with E-state index in [0.717, 1.165) is 0 Å². The summed E-state index contributed by atoms with van der Waals surface area (Å²) >= 11 is 1.54. The molecule has 0 aromatic heterocycles. The summed E-state index contributed by atoms with van der Waals surface area (Å²) in [5.41, 5.74) is 5.70. The molecule has 7 N–H and O–H groups in total. The molecule has 3 amide bonds. The second-order valence-electron chi connectivity index (χ2n) is 6.85. The number of nitrogens with two attached hydrogens (primary N) is 1. The Morgan fingerprint density at radius 1 is 1.00 bits per heavy atom. The van der Waals surface area contributed by atoms with Crippen LogP contribution in [0.5, 0.6) is 0 Å². The zero-order valence-corrected chi connectivity index (χ0v) is 17.6. The van der Waals surface area contributed by atoms with E-state index in [1.165, 1.54) is 11.8 Å². The molecule has 0 aliphatic carbocycles. The first kappa shape index (κ1) is 26.7. The Kier molecular flexibility index (Phi) is 12.7. The van der Waals surface area contributed by atoms with Crippen LogP contribution in [-0.4, -0.2) is 76.6 Å². The number of carbonyl (C=O) groups excluding carboxylic acids is 3. The van der Waals surface area contributed by atoms with Crippen molar-refractivity contribution in [2.75, 3.05) is 18.6 Å². The predicted octanol–water partition coefficient (Wildman–Crippen LogP) is -1.24. The lowest BCUT2D eigenvalue weighted by Crippen LogP contribution is -2.54. The maximum absolute atomic E-state index is 12.4. The van der Waals surface area contributed by atoms with E-state index in [0.29, 0.717) is 12.2 Å². The number of nitrogens with one attached hydrogen (secondary N) is 3. The molecule has 0 spiro atoms. The van der Waals surface area contributed by atoms with Gasteiger partial charge in [-0.1, -0.05) is 13.8 Å². The highest BCUT2D eigenvalue weighted by Gasteiger charge is 2.28. The molecule has 0 radical (unpaired) electrons. The first-order valence-corrected chi connectivity index (χ1v) is 10.4. The van der Waals surface area contributed by atoms with Gasteiger partial charge in [-0.3, -0.25) is 19.2 Å². The van der Waals surface area contributed by atoms with Crippen LogP contribution in [0.1, 0.15) is 33.1 Å². The van der Waals surface area contributed by atoms with E-state index in [1.54, 1.807) is 13.8 Å². The Bertz CT molecular complexity index is 600. The molecule has 0 fully saturated rings. The van der Waals surface area contributed by atoms with Crippen LogP contribution in [0.25, 0.3) is 0 Å². The van der Waals surface area contributed by atoms with Crippen molar-refractivity contribution >= 4 is 41.4 Å². The number of thioether (sulfide) groups is 1. The lowest BCUT2D eigenvalue weighted by molar-refractivity contribution is -0.147. The fraction of sp³-hybridized carbons (Fsp3) is 0.706. The lowest BCUT2D eigenvalue weighted by Gasteiger charge is -2.22. The highest BCUT2D eigenvalue weighted by molar-refractivity contribution is 7.98. The predicted molar refractivity (Wildman–Crippen MR) is 107 cm³/mol. The summed E-state index contributed by atoms with van der Waals surface area (Å²) in [6, 6.07) is -3.46. The molecule has 3 atom stereocenters. The summed E-state index contributed by atoms with van der Waals surface area (Å²) in [4.78, 5) is 58.2. The van der Waals surface area contributed by atoms with E-state index in [2.05, 4.69) is 16.0 Å². The molecule has 0 aliphatic rings. The average molecular weight is 435 g/mol. The molecule has 166 valence electrons. The van der Waals surface area contributed by atoms with Crippen LogP contribution in [0, 0.1) is 5.92 Å². The molecule has 0 saturated heterocycles. The Morgan fingerprint density at radius 3 is 2.10 bits per heavy atom. The van der Waals surface area contributed by atoms with Crippen LogP contribution < -0.4 is 21.7 Å². The average Bonchev–Trinajstić information content (AvgIpc) is 2.61. The quantitative estimate of drug-likeness (QED) is 0.194. The molecule has 0 aliphatic heterocycles. The standard InChI is InChI=1S/C17H30N4O7S/c1-9(2)6-11(16(26)21-12(17(27)28)7-14(23)24)20-13(22)8-19-15(25)10(18)4-5-29-3/h9-12H,4-8,18H2,1-3H3,(H,19,25)(H,20,22)(H,21,26)(H,23,24)(H,27,28). The minimum absolute atomic E-state index is 0.0247. The van der Waals surface area contributed by atoms with Gasteiger partial charge >= 0.3 is 11.9 Å². The van der Waals surface area contributed by atoms with E-state index in [-0.39, 0.29) is 12.3 Å². The second-order valence-corrected chi connectivity index (χ2v) is 7.84. The Labute approximate surface area is 173 Å². The first-order valence-electron chi connectivity index (χ1n) is 9.04. The van der Waals surface area contributed by atoms with Gasteiger partial charge in [0.25, 0.3) is 0 Å². The molecule has 0 rings (SSSR count). The molecule has 29 heavy (non-hydrogen) atoms. The summed E-state index contributed by atoms with van der Waals surface area (Å²) in [6.45, 7) is 3.20. The molecule has 0 aromatic rings. The van der Waals surface area contributed by atoms with Crippen molar-refractivity contribution in [2.45, 2.75) is 51.2 Å². The van der Waals surface area contributed by atoms with Crippen LogP contribution in [-0.2, 0) is 24.0 Å². The number of rotatable bonds is 14. The molecular formula is C17H30N4O7S. The van der Waals surface area contributed by atoms with Gasteiger partial charge in [-0.15, -0.1) is 0 Å². The molecule has 12 heteroatoms. The number of amides is 3. The third kappa shape index (κ3) is 12.0. The SMILES string of the molecule is CSCCC(N)C(=O)NCC(=O)NC(CC(C)C)C(=O)NC(CC(=O)O)C(=O)O. The van der Waals surface area contributed by atoms with Gasteiger partial charge in [0.05, 0.1) is 19.0 Å². The van der Waals surface area contributed by atoms with Gasteiger partial charge in [0.1, 0.15) is 12.1 Å². The monoisotopic (exact) mass is 434 g/mol. The minimum atomic E-state index is -1.62. The number of carbonyl (C=O) groups is 5. The lowest BCUT2D eigenvalue weighted by atomic mass is 10.0. The molecular weight excluding hydrogens is 404 g/mol. The number of hydrogen-bond donors (Lipinski definition) is 6. The van der Waals surface area contributed by atoms with E-state index in [1.807, 2.05) is 6.26 Å². The highest BCUT2D eigenvalue weighted by Crippen LogP contribution is 2.06. The van der Waals surface area contributed by atoms with Gasteiger partial charge < -0.3 is 31.9 Å². The van der Waals surface area contributed by atoms with Gasteiger partial charge in [0.15, 0.2) is 0 Å². The van der Waals surface area contributed by atoms with Crippen molar-refractivity contribution in [3.63, 3.8) is 0 Å². The van der Waals surface area contributed by atoms with Crippen molar-refractivity contribution in [3.05, 3.63) is 0 Å². The van der Waals surface area contributed by atoms with E-state index in [4.69, 9.17) is 15.9 Å². The topological polar surface area (TPSA) is 188 Å².